The molecule has 0 aliphatic carbocycles. The molecule has 0 fully saturated rings. The highest BCUT2D eigenvalue weighted by Crippen LogP contribution is 2.41. The molecule has 31 heavy (non-hydrogen) atoms. The highest BCUT2D eigenvalue weighted by atomic mass is 31.2. The van der Waals surface area contributed by atoms with Gasteiger partial charge in [0.25, 0.3) is 0 Å². The van der Waals surface area contributed by atoms with E-state index in [1.54, 1.807) is 7.11 Å². The zero-order chi connectivity index (χ0) is 22.7. The maximum atomic E-state index is 11.4. The van der Waals surface area contributed by atoms with Gasteiger partial charge in [-0.2, -0.15) is 0 Å². The molecule has 0 saturated heterocycles. The van der Waals surface area contributed by atoms with E-state index in [1.165, 1.54) is 5.56 Å². The summed E-state index contributed by atoms with van der Waals surface area (Å²) in [5.41, 5.74) is 2.27. The first-order valence-electron chi connectivity index (χ1n) is 9.96. The third kappa shape index (κ3) is 9.39. The molecule has 172 valence electrons. The zero-order valence-electron chi connectivity index (χ0n) is 18.5. The molecular formula is C22H32NO7P. The summed E-state index contributed by atoms with van der Waals surface area (Å²) in [4.78, 5) is 11.3. The molecule has 0 aliphatic heterocycles. The van der Waals surface area contributed by atoms with Crippen molar-refractivity contribution < 1.29 is 32.7 Å². The molecule has 2 unspecified atom stereocenters. The van der Waals surface area contributed by atoms with Gasteiger partial charge < -0.3 is 24.0 Å². The second-order valence-corrected chi connectivity index (χ2v) is 8.78. The molecule has 9 heteroatoms. The molecule has 2 rings (SSSR count). The number of rotatable bonds is 14. The Morgan fingerprint density at radius 2 is 1.84 bits per heavy atom. The van der Waals surface area contributed by atoms with Crippen molar-refractivity contribution in [1.82, 2.24) is 4.90 Å². The maximum absolute atomic E-state index is 11.4. The third-order valence-electron chi connectivity index (χ3n) is 4.53. The molecule has 0 aromatic heterocycles. The Morgan fingerprint density at radius 3 is 2.55 bits per heavy atom. The molecule has 2 aromatic rings. The van der Waals surface area contributed by atoms with Gasteiger partial charge in [0.05, 0.1) is 7.11 Å². The molecule has 0 saturated carbocycles. The van der Waals surface area contributed by atoms with Crippen LogP contribution < -0.4 is 9.47 Å². The number of para-hydroxylation sites is 1. The molecular weight excluding hydrogens is 421 g/mol. The van der Waals surface area contributed by atoms with E-state index in [9.17, 15) is 9.46 Å². The van der Waals surface area contributed by atoms with E-state index in [0.717, 1.165) is 37.0 Å². The van der Waals surface area contributed by atoms with E-state index in [1.807, 2.05) is 61.5 Å². The number of hydrogen-bond donors (Lipinski definition) is 1. The lowest BCUT2D eigenvalue weighted by Crippen LogP contribution is -2.34. The van der Waals surface area contributed by atoms with Crippen LogP contribution in [0, 0.1) is 0 Å². The van der Waals surface area contributed by atoms with Crippen LogP contribution in [0.5, 0.6) is 11.5 Å². The first kappa shape index (κ1) is 25.3. The minimum Gasteiger partial charge on any atom is -0.497 e. The van der Waals surface area contributed by atoms with Gasteiger partial charge in [-0.15, -0.1) is 0 Å². The molecule has 0 spiro atoms. The average molecular weight is 453 g/mol. The molecule has 2 atom stereocenters. The van der Waals surface area contributed by atoms with Gasteiger partial charge in [0.1, 0.15) is 24.2 Å². The SMILES string of the molecule is COc1cccc(CCc2ccccc2OCC(CN(C)C)OCOP(=O)(O)OC)c1. The van der Waals surface area contributed by atoms with Crippen molar-refractivity contribution in [3.63, 3.8) is 0 Å². The Hall–Kier alpha value is -1.93. The fraction of sp³-hybridized carbons (Fsp3) is 0.455. The van der Waals surface area contributed by atoms with E-state index in [-0.39, 0.29) is 19.5 Å². The Kier molecular flexibility index (Phi) is 10.5. The number of phosphoric acid groups is 1. The normalized spacial score (nSPS) is 14.3. The minimum atomic E-state index is -4.08. The van der Waals surface area contributed by atoms with Crippen LogP contribution in [-0.4, -0.2) is 64.2 Å². The fourth-order valence-corrected chi connectivity index (χ4v) is 3.25. The molecule has 0 amide bonds. The monoisotopic (exact) mass is 453 g/mol. The van der Waals surface area contributed by atoms with Gasteiger partial charge in [-0.25, -0.2) is 4.57 Å². The number of aryl methyl sites for hydroxylation is 2. The van der Waals surface area contributed by atoms with Crippen LogP contribution in [0.25, 0.3) is 0 Å². The zero-order valence-corrected chi connectivity index (χ0v) is 19.4. The van der Waals surface area contributed by atoms with Gasteiger partial charge in [0.15, 0.2) is 6.79 Å². The lowest BCUT2D eigenvalue weighted by atomic mass is 10.0. The summed E-state index contributed by atoms with van der Waals surface area (Å²) in [7, 11) is 2.50. The first-order chi connectivity index (χ1) is 14.8. The number of methoxy groups -OCH3 is 1. The molecule has 8 nitrogen and oxygen atoms in total. The van der Waals surface area contributed by atoms with Crippen molar-refractivity contribution in [2.45, 2.75) is 18.9 Å². The van der Waals surface area contributed by atoms with Crippen LogP contribution >= 0.6 is 7.82 Å². The summed E-state index contributed by atoms with van der Waals surface area (Å²) in [5.74, 6) is 1.62. The highest BCUT2D eigenvalue weighted by Gasteiger charge is 2.20. The van der Waals surface area contributed by atoms with Crippen molar-refractivity contribution in [3.8, 4) is 11.5 Å². The van der Waals surface area contributed by atoms with Crippen LogP contribution in [0.15, 0.2) is 48.5 Å². The number of likely N-dealkylation sites (N-methyl/N-ethyl adjacent to an activating group) is 1. The second kappa shape index (κ2) is 12.8. The van der Waals surface area contributed by atoms with Crippen molar-refractivity contribution >= 4 is 7.82 Å². The molecule has 0 aliphatic rings. The number of nitrogens with zero attached hydrogens (tertiary/aromatic N) is 1. The number of benzene rings is 2. The predicted octanol–water partition coefficient (Wildman–Crippen LogP) is 3.53. The Labute approximate surface area is 184 Å². The first-order valence-corrected chi connectivity index (χ1v) is 11.5. The summed E-state index contributed by atoms with van der Waals surface area (Å²) in [6.45, 7) is 0.444. The van der Waals surface area contributed by atoms with Crippen LogP contribution in [-0.2, 0) is 31.2 Å². The van der Waals surface area contributed by atoms with E-state index >= 15 is 0 Å². The van der Waals surface area contributed by atoms with Crippen LogP contribution in [0.3, 0.4) is 0 Å². The van der Waals surface area contributed by atoms with Gasteiger partial charge in [-0.05, 0) is 56.3 Å². The summed E-state index contributed by atoms with van der Waals surface area (Å²) in [6.07, 6.45) is 1.30. The van der Waals surface area contributed by atoms with Crippen molar-refractivity contribution in [3.05, 3.63) is 59.7 Å². The smallest absolute Gasteiger partial charge is 0.474 e. The molecule has 2 aromatic carbocycles. The molecule has 0 radical (unpaired) electrons. The molecule has 1 N–H and O–H groups in total. The lowest BCUT2D eigenvalue weighted by molar-refractivity contribution is -0.0700. The summed E-state index contributed by atoms with van der Waals surface area (Å²) >= 11 is 0. The second-order valence-electron chi connectivity index (χ2n) is 7.22. The van der Waals surface area contributed by atoms with Gasteiger partial charge in [0.2, 0.25) is 0 Å². The lowest BCUT2D eigenvalue weighted by Gasteiger charge is -2.23. The third-order valence-corrected chi connectivity index (χ3v) is 5.43. The van der Waals surface area contributed by atoms with Crippen molar-refractivity contribution in [2.24, 2.45) is 0 Å². The Bertz CT molecular complexity index is 846. The summed E-state index contributed by atoms with van der Waals surface area (Å²) in [6, 6.07) is 15.9. The van der Waals surface area contributed by atoms with E-state index in [0.29, 0.717) is 6.54 Å². The quantitative estimate of drug-likeness (QED) is 0.344. The van der Waals surface area contributed by atoms with Crippen molar-refractivity contribution in [1.29, 1.82) is 0 Å². The molecule has 0 heterocycles. The maximum Gasteiger partial charge on any atom is 0.474 e. The van der Waals surface area contributed by atoms with Gasteiger partial charge >= 0.3 is 7.82 Å². The van der Waals surface area contributed by atoms with Crippen molar-refractivity contribution in [2.75, 3.05) is 48.3 Å². The fourth-order valence-electron chi connectivity index (χ4n) is 2.95. The number of ether oxygens (including phenoxy) is 3. The predicted molar refractivity (Wildman–Crippen MR) is 119 cm³/mol. The average Bonchev–Trinajstić information content (AvgIpc) is 2.76. The topological polar surface area (TPSA) is 86.7 Å². The van der Waals surface area contributed by atoms with Crippen LogP contribution in [0.4, 0.5) is 0 Å². The largest absolute Gasteiger partial charge is 0.497 e. The highest BCUT2D eigenvalue weighted by molar-refractivity contribution is 7.47. The summed E-state index contributed by atoms with van der Waals surface area (Å²) in [5, 5.41) is 0. The summed E-state index contributed by atoms with van der Waals surface area (Å²) < 4.78 is 37.5. The molecule has 0 bridgehead atoms. The van der Waals surface area contributed by atoms with Crippen LogP contribution in [0.2, 0.25) is 0 Å². The Morgan fingerprint density at radius 1 is 1.06 bits per heavy atom. The number of phosphoric ester groups is 1. The van der Waals surface area contributed by atoms with Gasteiger partial charge in [0, 0.05) is 13.7 Å². The standard InChI is InChI=1S/C22H32NO7P/c1-23(2)15-21(29-17-30-31(24,25)27-4)16-28-22-11-6-5-9-19(22)13-12-18-8-7-10-20(14-18)26-3/h5-11,14,21H,12-13,15-17H2,1-4H3,(H,24,25). The number of hydrogen-bond acceptors (Lipinski definition) is 7. The van der Waals surface area contributed by atoms with E-state index < -0.39 is 7.82 Å². The van der Waals surface area contributed by atoms with Crippen LogP contribution in [0.1, 0.15) is 11.1 Å². The van der Waals surface area contributed by atoms with E-state index in [4.69, 9.17) is 18.7 Å². The van der Waals surface area contributed by atoms with E-state index in [2.05, 4.69) is 10.6 Å². The van der Waals surface area contributed by atoms with Gasteiger partial charge in [-0.3, -0.25) is 9.05 Å². The minimum absolute atomic E-state index is 0.264. The van der Waals surface area contributed by atoms with Gasteiger partial charge in [-0.1, -0.05) is 30.3 Å². The Balaban J connectivity index is 1.95.